The summed E-state index contributed by atoms with van der Waals surface area (Å²) >= 11 is 0. The molecule has 0 aliphatic rings. The molecule has 17 heavy (non-hydrogen) atoms. The highest BCUT2D eigenvalue weighted by Crippen LogP contribution is 2.10. The second-order valence-electron chi connectivity index (χ2n) is 4.03. The van der Waals surface area contributed by atoms with Gasteiger partial charge < -0.3 is 5.11 Å². The monoisotopic (exact) mass is 224 g/mol. The minimum atomic E-state index is 0.321. The van der Waals surface area contributed by atoms with Gasteiger partial charge in [0.25, 0.3) is 0 Å². The molecule has 86 valence electrons. The number of phenols is 1. The fraction of sp³-hybridized carbons (Fsp3) is 0.125. The third kappa shape index (κ3) is 3.80. The Hall–Kier alpha value is -2.02. The van der Waals surface area contributed by atoms with E-state index in [1.54, 1.807) is 12.1 Å². The molecule has 0 radical (unpaired) electrons. The normalized spacial score (nSPS) is 10.8. The van der Waals surface area contributed by atoms with Crippen molar-refractivity contribution >= 4 is 0 Å². The van der Waals surface area contributed by atoms with Gasteiger partial charge in [-0.15, -0.1) is 0 Å². The largest absolute Gasteiger partial charge is 0.508 e. The molecule has 0 amide bonds. The average molecular weight is 224 g/mol. The number of phenolic OH excluding ortho intramolecular Hbond substituents is 1. The number of allylic oxidation sites excluding steroid dienone is 2. The summed E-state index contributed by atoms with van der Waals surface area (Å²) in [5, 5.41) is 9.16. The van der Waals surface area contributed by atoms with Crippen LogP contribution in [0.3, 0.4) is 0 Å². The second-order valence-corrected chi connectivity index (χ2v) is 4.03. The highest BCUT2D eigenvalue weighted by Gasteiger charge is 1.90. The van der Waals surface area contributed by atoms with Crippen molar-refractivity contribution < 1.29 is 5.11 Å². The predicted octanol–water partition coefficient (Wildman–Crippen LogP) is 3.73. The van der Waals surface area contributed by atoms with Crippen molar-refractivity contribution in [3.8, 4) is 5.75 Å². The molecule has 0 aliphatic heterocycles. The Kier molecular flexibility index (Phi) is 3.98. The maximum atomic E-state index is 9.16. The van der Waals surface area contributed by atoms with Crippen molar-refractivity contribution in [2.24, 2.45) is 0 Å². The number of rotatable bonds is 4. The summed E-state index contributed by atoms with van der Waals surface area (Å²) in [4.78, 5) is 0. The van der Waals surface area contributed by atoms with E-state index in [4.69, 9.17) is 5.11 Å². The van der Waals surface area contributed by atoms with E-state index in [1.807, 2.05) is 18.2 Å². The van der Waals surface area contributed by atoms with Crippen molar-refractivity contribution in [2.75, 3.05) is 0 Å². The smallest absolute Gasteiger partial charge is 0.115 e. The summed E-state index contributed by atoms with van der Waals surface area (Å²) in [5.74, 6) is 0.321. The molecule has 0 heterocycles. The first-order valence-electron chi connectivity index (χ1n) is 5.81. The lowest BCUT2D eigenvalue weighted by Gasteiger charge is -1.97. The van der Waals surface area contributed by atoms with Gasteiger partial charge in [-0.25, -0.2) is 0 Å². The molecule has 0 fully saturated rings. The topological polar surface area (TPSA) is 20.2 Å². The van der Waals surface area contributed by atoms with E-state index in [-0.39, 0.29) is 0 Å². The third-order valence-corrected chi connectivity index (χ3v) is 2.65. The van der Waals surface area contributed by atoms with Gasteiger partial charge in [-0.05, 0) is 36.1 Å². The first-order chi connectivity index (χ1) is 8.34. The molecule has 0 spiro atoms. The van der Waals surface area contributed by atoms with E-state index in [2.05, 4.69) is 36.4 Å². The van der Waals surface area contributed by atoms with E-state index >= 15 is 0 Å². The van der Waals surface area contributed by atoms with E-state index in [0.717, 1.165) is 12.8 Å². The van der Waals surface area contributed by atoms with Gasteiger partial charge in [0.05, 0.1) is 0 Å². The van der Waals surface area contributed by atoms with Crippen LogP contribution in [0.4, 0.5) is 0 Å². The molecule has 1 heteroatoms. The minimum Gasteiger partial charge on any atom is -0.508 e. The van der Waals surface area contributed by atoms with Crippen molar-refractivity contribution in [1.29, 1.82) is 0 Å². The van der Waals surface area contributed by atoms with Gasteiger partial charge in [0.15, 0.2) is 0 Å². The summed E-state index contributed by atoms with van der Waals surface area (Å²) in [6.07, 6.45) is 6.23. The van der Waals surface area contributed by atoms with Crippen LogP contribution in [0.15, 0.2) is 66.7 Å². The zero-order valence-corrected chi connectivity index (χ0v) is 9.71. The van der Waals surface area contributed by atoms with Crippen LogP contribution < -0.4 is 0 Å². The Morgan fingerprint density at radius 2 is 1.24 bits per heavy atom. The molecule has 2 aromatic rings. The zero-order valence-electron chi connectivity index (χ0n) is 9.71. The highest BCUT2D eigenvalue weighted by molar-refractivity contribution is 5.27. The first-order valence-corrected chi connectivity index (χ1v) is 5.81. The lowest BCUT2D eigenvalue weighted by atomic mass is 10.1. The summed E-state index contributed by atoms with van der Waals surface area (Å²) in [6.45, 7) is 0. The lowest BCUT2D eigenvalue weighted by molar-refractivity contribution is 0.475. The molecule has 1 nitrogen and oxygen atoms in total. The molecule has 0 bridgehead atoms. The van der Waals surface area contributed by atoms with Gasteiger partial charge in [0.1, 0.15) is 5.75 Å². The Labute approximate surface area is 102 Å². The maximum absolute atomic E-state index is 9.16. The van der Waals surface area contributed by atoms with Crippen LogP contribution in [0.25, 0.3) is 0 Å². The number of hydrogen-bond donors (Lipinski definition) is 1. The Morgan fingerprint density at radius 3 is 1.82 bits per heavy atom. The summed E-state index contributed by atoms with van der Waals surface area (Å²) in [7, 11) is 0. The fourth-order valence-corrected chi connectivity index (χ4v) is 1.68. The molecule has 0 aliphatic carbocycles. The van der Waals surface area contributed by atoms with Crippen LogP contribution in [0.1, 0.15) is 11.1 Å². The SMILES string of the molecule is Oc1ccc(C/C=C/Cc2ccccc2)cc1. The van der Waals surface area contributed by atoms with Gasteiger partial charge in [0, 0.05) is 0 Å². The summed E-state index contributed by atoms with van der Waals surface area (Å²) in [6, 6.07) is 17.7. The Bertz CT molecular complexity index is 469. The standard InChI is InChI=1S/C16H16O/c17-16-12-10-15(11-13-16)9-5-4-8-14-6-2-1-3-7-14/h1-7,10-13,17H,8-9H2/b5-4+. The zero-order chi connectivity index (χ0) is 11.9. The van der Waals surface area contributed by atoms with Crippen LogP contribution in [0, 0.1) is 0 Å². The van der Waals surface area contributed by atoms with E-state index in [1.165, 1.54) is 11.1 Å². The first kappa shape index (κ1) is 11.5. The molecule has 0 aromatic heterocycles. The van der Waals surface area contributed by atoms with Gasteiger partial charge in [-0.1, -0.05) is 54.6 Å². The fourth-order valence-electron chi connectivity index (χ4n) is 1.68. The quantitative estimate of drug-likeness (QED) is 0.784. The van der Waals surface area contributed by atoms with Crippen molar-refractivity contribution in [3.63, 3.8) is 0 Å². The maximum Gasteiger partial charge on any atom is 0.115 e. The molecule has 2 rings (SSSR count). The van der Waals surface area contributed by atoms with Crippen molar-refractivity contribution in [1.82, 2.24) is 0 Å². The Morgan fingerprint density at radius 1 is 0.706 bits per heavy atom. The molecule has 1 N–H and O–H groups in total. The minimum absolute atomic E-state index is 0.321. The summed E-state index contributed by atoms with van der Waals surface area (Å²) < 4.78 is 0. The number of aromatic hydroxyl groups is 1. The number of benzene rings is 2. The van der Waals surface area contributed by atoms with Gasteiger partial charge in [-0.2, -0.15) is 0 Å². The van der Waals surface area contributed by atoms with Gasteiger partial charge in [0.2, 0.25) is 0 Å². The van der Waals surface area contributed by atoms with E-state index < -0.39 is 0 Å². The number of hydrogen-bond acceptors (Lipinski definition) is 1. The second kappa shape index (κ2) is 5.90. The van der Waals surface area contributed by atoms with Crippen LogP contribution in [-0.4, -0.2) is 5.11 Å². The van der Waals surface area contributed by atoms with Crippen LogP contribution in [0.5, 0.6) is 5.75 Å². The highest BCUT2D eigenvalue weighted by atomic mass is 16.3. The van der Waals surface area contributed by atoms with Crippen LogP contribution in [-0.2, 0) is 12.8 Å². The molecule has 0 unspecified atom stereocenters. The Balaban J connectivity index is 1.84. The summed E-state index contributed by atoms with van der Waals surface area (Å²) in [5.41, 5.74) is 2.54. The van der Waals surface area contributed by atoms with Crippen molar-refractivity contribution in [2.45, 2.75) is 12.8 Å². The van der Waals surface area contributed by atoms with E-state index in [0.29, 0.717) is 5.75 Å². The molecule has 2 aromatic carbocycles. The molecular formula is C16H16O. The molecule has 0 saturated heterocycles. The average Bonchev–Trinajstić information content (AvgIpc) is 2.38. The van der Waals surface area contributed by atoms with E-state index in [9.17, 15) is 0 Å². The molecule has 0 saturated carbocycles. The predicted molar refractivity (Wildman–Crippen MR) is 71.1 cm³/mol. The molecular weight excluding hydrogens is 208 g/mol. The van der Waals surface area contributed by atoms with Gasteiger partial charge in [-0.3, -0.25) is 0 Å². The van der Waals surface area contributed by atoms with Crippen molar-refractivity contribution in [3.05, 3.63) is 77.9 Å². The van der Waals surface area contributed by atoms with Crippen LogP contribution >= 0.6 is 0 Å². The lowest BCUT2D eigenvalue weighted by Crippen LogP contribution is -1.82. The van der Waals surface area contributed by atoms with Gasteiger partial charge >= 0.3 is 0 Å². The molecule has 0 atom stereocenters. The van der Waals surface area contributed by atoms with Crippen LogP contribution in [0.2, 0.25) is 0 Å². The third-order valence-electron chi connectivity index (χ3n) is 2.65.